The van der Waals surface area contributed by atoms with Gasteiger partial charge in [0.15, 0.2) is 0 Å². The first-order valence-electron chi connectivity index (χ1n) is 4.54. The average molecular weight is 206 g/mol. The Morgan fingerprint density at radius 3 is 2.73 bits per heavy atom. The van der Waals surface area contributed by atoms with Crippen molar-refractivity contribution in [2.24, 2.45) is 0 Å². The van der Waals surface area contributed by atoms with Crippen LogP contribution in [0.25, 0.3) is 11.6 Å². The van der Waals surface area contributed by atoms with E-state index in [0.29, 0.717) is 24.0 Å². The van der Waals surface area contributed by atoms with Crippen LogP contribution < -0.4 is 0 Å². The summed E-state index contributed by atoms with van der Waals surface area (Å²) in [4.78, 5) is 12.0. The van der Waals surface area contributed by atoms with Gasteiger partial charge in [-0.2, -0.15) is 4.98 Å². The maximum atomic E-state index is 9.13. The van der Waals surface area contributed by atoms with Crippen molar-refractivity contribution in [3.8, 4) is 11.6 Å². The van der Waals surface area contributed by atoms with Crippen molar-refractivity contribution in [2.75, 3.05) is 0 Å². The van der Waals surface area contributed by atoms with Crippen molar-refractivity contribution in [3.05, 3.63) is 24.4 Å². The Hall–Kier alpha value is -1.82. The summed E-state index contributed by atoms with van der Waals surface area (Å²) in [6.45, 7) is 1.66. The van der Waals surface area contributed by atoms with Crippen LogP contribution in [0.2, 0.25) is 0 Å². The van der Waals surface area contributed by atoms with Gasteiger partial charge in [-0.3, -0.25) is 0 Å². The Bertz CT molecular complexity index is 427. The minimum absolute atomic E-state index is 0.333. The van der Waals surface area contributed by atoms with Gasteiger partial charge < -0.3 is 9.63 Å². The van der Waals surface area contributed by atoms with Crippen molar-refractivity contribution in [3.63, 3.8) is 0 Å². The highest BCUT2D eigenvalue weighted by Crippen LogP contribution is 2.09. The zero-order valence-electron chi connectivity index (χ0n) is 8.16. The Labute approximate surface area is 86.0 Å². The maximum Gasteiger partial charge on any atom is 0.240 e. The fourth-order valence-corrected chi connectivity index (χ4v) is 1.10. The van der Waals surface area contributed by atoms with E-state index in [-0.39, 0.29) is 0 Å². The van der Waals surface area contributed by atoms with Gasteiger partial charge in [0.05, 0.1) is 12.5 Å². The third kappa shape index (κ3) is 2.35. The van der Waals surface area contributed by atoms with Crippen LogP contribution in [0.5, 0.6) is 0 Å². The van der Waals surface area contributed by atoms with Crippen LogP contribution in [0.4, 0.5) is 0 Å². The molecule has 0 aromatic carbocycles. The molecule has 0 aliphatic carbocycles. The quantitative estimate of drug-likeness (QED) is 0.784. The molecule has 0 saturated heterocycles. The van der Waals surface area contributed by atoms with E-state index in [9.17, 15) is 0 Å². The van der Waals surface area contributed by atoms with Crippen molar-refractivity contribution < 1.29 is 9.63 Å². The first-order chi connectivity index (χ1) is 7.25. The molecule has 0 aliphatic rings. The molecule has 6 heteroatoms. The smallest absolute Gasteiger partial charge is 0.240 e. The molecule has 0 radical (unpaired) electrons. The van der Waals surface area contributed by atoms with Gasteiger partial charge in [-0.25, -0.2) is 9.97 Å². The molecule has 2 rings (SSSR count). The summed E-state index contributed by atoms with van der Waals surface area (Å²) in [5, 5.41) is 12.8. The van der Waals surface area contributed by atoms with Crippen molar-refractivity contribution >= 4 is 0 Å². The minimum Gasteiger partial charge on any atom is -0.393 e. The number of aromatic nitrogens is 4. The highest BCUT2D eigenvalue weighted by Gasteiger charge is 2.11. The number of aliphatic hydroxyl groups is 1. The first kappa shape index (κ1) is 9.72. The highest BCUT2D eigenvalue weighted by molar-refractivity contribution is 5.40. The van der Waals surface area contributed by atoms with Crippen molar-refractivity contribution in [1.82, 2.24) is 20.1 Å². The topological polar surface area (TPSA) is 84.9 Å². The normalized spacial score (nSPS) is 12.7. The molecule has 6 nitrogen and oxygen atoms in total. The van der Waals surface area contributed by atoms with Crippen LogP contribution in [0, 0.1) is 0 Å². The molecule has 0 saturated carbocycles. The van der Waals surface area contributed by atoms with E-state index in [2.05, 4.69) is 20.1 Å². The van der Waals surface area contributed by atoms with E-state index in [1.54, 1.807) is 25.4 Å². The van der Waals surface area contributed by atoms with Crippen molar-refractivity contribution in [2.45, 2.75) is 19.4 Å². The third-order valence-electron chi connectivity index (χ3n) is 1.70. The molecule has 1 N–H and O–H groups in total. The monoisotopic (exact) mass is 206 g/mol. The molecule has 2 aromatic heterocycles. The van der Waals surface area contributed by atoms with Gasteiger partial charge in [-0.1, -0.05) is 5.16 Å². The molecule has 0 amide bonds. The molecular weight excluding hydrogens is 196 g/mol. The van der Waals surface area contributed by atoms with E-state index in [0.717, 1.165) is 0 Å². The Kier molecular flexibility index (Phi) is 2.68. The van der Waals surface area contributed by atoms with Crippen molar-refractivity contribution in [1.29, 1.82) is 0 Å². The molecule has 1 unspecified atom stereocenters. The standard InChI is InChI=1S/C9H10N4O2/c1-6(14)5-7-12-9(13-15-7)8-10-3-2-4-11-8/h2-4,6,14H,5H2,1H3. The fraction of sp³-hybridized carbons (Fsp3) is 0.333. The second kappa shape index (κ2) is 4.14. The summed E-state index contributed by atoms with van der Waals surface area (Å²) in [6.07, 6.45) is 3.04. The summed E-state index contributed by atoms with van der Waals surface area (Å²) >= 11 is 0. The van der Waals surface area contributed by atoms with Gasteiger partial charge in [-0.15, -0.1) is 0 Å². The summed E-state index contributed by atoms with van der Waals surface area (Å²) < 4.78 is 4.93. The molecule has 15 heavy (non-hydrogen) atoms. The van der Waals surface area contributed by atoms with Gasteiger partial charge in [0.2, 0.25) is 17.5 Å². The summed E-state index contributed by atoms with van der Waals surface area (Å²) in [5.74, 6) is 1.14. The Morgan fingerprint density at radius 1 is 1.33 bits per heavy atom. The Morgan fingerprint density at radius 2 is 2.07 bits per heavy atom. The maximum absolute atomic E-state index is 9.13. The molecule has 0 fully saturated rings. The van der Waals surface area contributed by atoms with Gasteiger partial charge in [-0.05, 0) is 13.0 Å². The van der Waals surface area contributed by atoms with Crippen LogP contribution >= 0.6 is 0 Å². The van der Waals surface area contributed by atoms with E-state index < -0.39 is 6.10 Å². The van der Waals surface area contributed by atoms with Crippen LogP contribution in [0.15, 0.2) is 23.0 Å². The lowest BCUT2D eigenvalue weighted by Gasteiger charge is -1.95. The van der Waals surface area contributed by atoms with Crippen LogP contribution in [0.1, 0.15) is 12.8 Å². The lowest BCUT2D eigenvalue weighted by Crippen LogP contribution is -2.04. The molecule has 0 bridgehead atoms. The lowest BCUT2D eigenvalue weighted by molar-refractivity contribution is 0.181. The van der Waals surface area contributed by atoms with Crippen LogP contribution in [0.3, 0.4) is 0 Å². The van der Waals surface area contributed by atoms with Gasteiger partial charge >= 0.3 is 0 Å². The molecule has 2 heterocycles. The first-order valence-corrected chi connectivity index (χ1v) is 4.54. The largest absolute Gasteiger partial charge is 0.393 e. The molecule has 2 aromatic rings. The number of nitrogens with zero attached hydrogens (tertiary/aromatic N) is 4. The molecule has 0 spiro atoms. The molecular formula is C9H10N4O2. The summed E-state index contributed by atoms with van der Waals surface area (Å²) in [7, 11) is 0. The predicted octanol–water partition coefficient (Wildman–Crippen LogP) is 0.450. The average Bonchev–Trinajstić information content (AvgIpc) is 2.67. The molecule has 1 atom stereocenters. The lowest BCUT2D eigenvalue weighted by atomic mass is 10.3. The molecule has 78 valence electrons. The Balaban J connectivity index is 2.21. The van der Waals surface area contributed by atoms with Crippen LogP contribution in [-0.2, 0) is 6.42 Å². The minimum atomic E-state index is -0.505. The number of rotatable bonds is 3. The zero-order chi connectivity index (χ0) is 10.7. The second-order valence-corrected chi connectivity index (χ2v) is 3.14. The van der Waals surface area contributed by atoms with Crippen LogP contribution in [-0.4, -0.2) is 31.3 Å². The van der Waals surface area contributed by atoms with Gasteiger partial charge in [0, 0.05) is 12.4 Å². The number of hydrogen-bond acceptors (Lipinski definition) is 6. The number of aliphatic hydroxyl groups excluding tert-OH is 1. The predicted molar refractivity (Wildman–Crippen MR) is 50.7 cm³/mol. The van der Waals surface area contributed by atoms with E-state index in [1.807, 2.05) is 0 Å². The van der Waals surface area contributed by atoms with Gasteiger partial charge in [0.1, 0.15) is 0 Å². The van der Waals surface area contributed by atoms with E-state index >= 15 is 0 Å². The van der Waals surface area contributed by atoms with E-state index in [4.69, 9.17) is 9.63 Å². The van der Waals surface area contributed by atoms with E-state index in [1.165, 1.54) is 0 Å². The fourth-order valence-electron chi connectivity index (χ4n) is 1.10. The summed E-state index contributed by atoms with van der Waals surface area (Å²) in [6, 6.07) is 1.71. The number of hydrogen-bond donors (Lipinski definition) is 1. The highest BCUT2D eigenvalue weighted by atomic mass is 16.5. The SMILES string of the molecule is CC(O)Cc1nc(-c2ncccn2)no1. The summed E-state index contributed by atoms with van der Waals surface area (Å²) in [5.41, 5.74) is 0. The van der Waals surface area contributed by atoms with Gasteiger partial charge in [0.25, 0.3) is 0 Å². The zero-order valence-corrected chi connectivity index (χ0v) is 8.16. The second-order valence-electron chi connectivity index (χ2n) is 3.14. The third-order valence-corrected chi connectivity index (χ3v) is 1.70. The molecule has 0 aliphatic heterocycles.